The molecule has 0 saturated heterocycles. The third-order valence-electron chi connectivity index (χ3n) is 5.26. The molecule has 12 nitrogen and oxygen atoms in total. The van der Waals surface area contributed by atoms with Gasteiger partial charge in [-0.15, -0.1) is 0 Å². The van der Waals surface area contributed by atoms with Gasteiger partial charge in [-0.3, -0.25) is 4.79 Å². The molecule has 0 aliphatic rings. The molecule has 0 unspecified atom stereocenters. The van der Waals surface area contributed by atoms with E-state index in [4.69, 9.17) is 15.4 Å². The molecule has 0 saturated carbocycles. The highest BCUT2D eigenvalue weighted by Gasteiger charge is 2.15. The summed E-state index contributed by atoms with van der Waals surface area (Å²) in [4.78, 5) is 26.4. The first-order valence-electron chi connectivity index (χ1n) is 11.0. The highest BCUT2D eigenvalue weighted by molar-refractivity contribution is 5.94. The molecule has 0 bridgehead atoms. The number of unbranched alkanes of at least 4 members (excludes halogenated alkanes) is 1. The smallest absolute Gasteiger partial charge is 0.222 e. The number of aromatic nitrogens is 5. The summed E-state index contributed by atoms with van der Waals surface area (Å²) in [6.07, 6.45) is 5.12. The molecule has 0 radical (unpaired) electrons. The van der Waals surface area contributed by atoms with Gasteiger partial charge in [0, 0.05) is 48.1 Å². The van der Waals surface area contributed by atoms with Crippen molar-refractivity contribution in [2.75, 3.05) is 26.3 Å². The number of benzene rings is 1. The van der Waals surface area contributed by atoms with Gasteiger partial charge in [-0.05, 0) is 42.6 Å². The van der Waals surface area contributed by atoms with E-state index in [1.54, 1.807) is 18.3 Å². The Morgan fingerprint density at radius 3 is 3.09 bits per heavy atom. The molecule has 1 aromatic carbocycles. The van der Waals surface area contributed by atoms with Crippen LogP contribution < -0.4 is 5.32 Å². The van der Waals surface area contributed by atoms with E-state index in [1.807, 2.05) is 16.8 Å². The van der Waals surface area contributed by atoms with Crippen LogP contribution in [0.15, 0.2) is 41.9 Å². The minimum Gasteiger partial charge on any atom is -0.508 e. The number of H-pyrrole nitrogens is 1. The van der Waals surface area contributed by atoms with E-state index in [-0.39, 0.29) is 24.6 Å². The van der Waals surface area contributed by atoms with Crippen LogP contribution in [0, 0.1) is 0 Å². The van der Waals surface area contributed by atoms with Crippen LogP contribution in [0.25, 0.3) is 43.8 Å². The number of aryl methyl sites for hydroxylation is 1. The Bertz CT molecular complexity index is 1320. The van der Waals surface area contributed by atoms with Crippen LogP contribution in [0.1, 0.15) is 19.3 Å². The molecule has 0 spiro atoms. The zero-order valence-electron chi connectivity index (χ0n) is 18.5. The molecule has 34 heavy (non-hydrogen) atoms. The number of ether oxygens (including phenoxy) is 1. The van der Waals surface area contributed by atoms with E-state index in [9.17, 15) is 9.90 Å². The Morgan fingerprint density at radius 2 is 2.21 bits per heavy atom. The van der Waals surface area contributed by atoms with Crippen LogP contribution in [0.4, 0.5) is 0 Å². The highest BCUT2D eigenvalue weighted by Crippen LogP contribution is 2.30. The van der Waals surface area contributed by atoms with Crippen LogP contribution in [0.3, 0.4) is 0 Å². The second-order valence-corrected chi connectivity index (χ2v) is 7.66. The molecule has 3 aromatic heterocycles. The lowest BCUT2D eigenvalue weighted by Crippen LogP contribution is -2.25. The largest absolute Gasteiger partial charge is 0.508 e. The molecule has 4 aromatic rings. The molecule has 4 rings (SSSR count). The van der Waals surface area contributed by atoms with Crippen molar-refractivity contribution in [2.45, 2.75) is 25.8 Å². The summed E-state index contributed by atoms with van der Waals surface area (Å²) in [6.45, 7) is 2.07. The van der Waals surface area contributed by atoms with Crippen molar-refractivity contribution in [2.24, 2.45) is 5.11 Å². The summed E-state index contributed by atoms with van der Waals surface area (Å²) >= 11 is 0. The van der Waals surface area contributed by atoms with E-state index >= 15 is 0 Å². The quantitative estimate of drug-likeness (QED) is 0.126. The zero-order chi connectivity index (χ0) is 23.8. The Balaban J connectivity index is 1.31. The molecule has 0 aliphatic carbocycles. The Morgan fingerprint density at radius 1 is 1.29 bits per heavy atom. The fourth-order valence-electron chi connectivity index (χ4n) is 3.64. The molecule has 1 amide bonds. The number of carbonyl (C=O) groups is 1. The van der Waals surface area contributed by atoms with Crippen LogP contribution in [-0.2, 0) is 16.1 Å². The van der Waals surface area contributed by atoms with Gasteiger partial charge in [0.1, 0.15) is 17.8 Å². The maximum atomic E-state index is 11.9. The number of carbonyl (C=O) groups excluding carboxylic acids is 1. The van der Waals surface area contributed by atoms with Crippen molar-refractivity contribution in [1.82, 2.24) is 30.0 Å². The van der Waals surface area contributed by atoms with Crippen molar-refractivity contribution in [3.05, 3.63) is 47.2 Å². The number of aromatic hydroxyl groups is 1. The van der Waals surface area contributed by atoms with Gasteiger partial charge in [0.05, 0.1) is 24.3 Å². The molecule has 176 valence electrons. The van der Waals surface area contributed by atoms with Crippen molar-refractivity contribution in [1.29, 1.82) is 0 Å². The Hall–Kier alpha value is -4.15. The van der Waals surface area contributed by atoms with Gasteiger partial charge in [0.25, 0.3) is 0 Å². The summed E-state index contributed by atoms with van der Waals surface area (Å²) in [6, 6.07) is 7.12. The zero-order valence-corrected chi connectivity index (χ0v) is 18.5. The lowest BCUT2D eigenvalue weighted by molar-refractivity contribution is -0.122. The standard InChI is InChI=1S/C22H25N9O3/c23-30-27-7-10-34-9-5-20(33)25-6-1-2-8-31-22-17(13-24-14-26-22)21(29-31)19-12-15-11-16(32)3-4-18(15)28-19/h3-4,11-14,28,32H,1-2,5-10H2,(H,25,33). The van der Waals surface area contributed by atoms with Crippen LogP contribution >= 0.6 is 0 Å². The molecule has 0 fully saturated rings. The first-order chi connectivity index (χ1) is 16.7. The first-order valence-corrected chi connectivity index (χ1v) is 11.0. The van der Waals surface area contributed by atoms with Gasteiger partial charge in [0.15, 0.2) is 5.65 Å². The average molecular weight is 464 g/mol. The highest BCUT2D eigenvalue weighted by atomic mass is 16.5. The molecule has 3 N–H and O–H groups in total. The summed E-state index contributed by atoms with van der Waals surface area (Å²) in [5, 5.41) is 22.5. The van der Waals surface area contributed by atoms with Gasteiger partial charge in [-0.25, -0.2) is 14.6 Å². The second kappa shape index (κ2) is 11.1. The second-order valence-electron chi connectivity index (χ2n) is 7.66. The maximum absolute atomic E-state index is 11.9. The molecule has 3 heterocycles. The molecule has 0 aliphatic heterocycles. The van der Waals surface area contributed by atoms with Crippen LogP contribution in [0.2, 0.25) is 0 Å². The van der Waals surface area contributed by atoms with Crippen LogP contribution in [-0.4, -0.2) is 62.0 Å². The fraction of sp³-hybridized carbons (Fsp3) is 0.364. The first kappa shape index (κ1) is 23.0. The topological polar surface area (TPSA) is 167 Å². The summed E-state index contributed by atoms with van der Waals surface area (Å²) < 4.78 is 7.09. The van der Waals surface area contributed by atoms with Crippen molar-refractivity contribution in [3.63, 3.8) is 0 Å². The van der Waals surface area contributed by atoms with Crippen LogP contribution in [0.5, 0.6) is 5.75 Å². The minimum absolute atomic E-state index is 0.0757. The number of azide groups is 1. The number of fused-ring (bicyclic) bond motifs is 2. The predicted molar refractivity (Wildman–Crippen MR) is 126 cm³/mol. The molecular formula is C22H25N9O3. The number of nitrogens with one attached hydrogen (secondary N) is 2. The van der Waals surface area contributed by atoms with Gasteiger partial charge >= 0.3 is 0 Å². The molecule has 0 atom stereocenters. The van der Waals surface area contributed by atoms with Crippen molar-refractivity contribution < 1.29 is 14.6 Å². The molecular weight excluding hydrogens is 438 g/mol. The normalized spacial score (nSPS) is 11.1. The number of aromatic amines is 1. The van der Waals surface area contributed by atoms with Gasteiger partial charge in [-0.1, -0.05) is 5.11 Å². The minimum atomic E-state index is -0.0757. The van der Waals surface area contributed by atoms with Gasteiger partial charge in [-0.2, -0.15) is 5.10 Å². The van der Waals surface area contributed by atoms with Gasteiger partial charge < -0.3 is 20.1 Å². The lowest BCUT2D eigenvalue weighted by Gasteiger charge is -2.06. The number of rotatable bonds is 12. The van der Waals surface area contributed by atoms with E-state index < -0.39 is 0 Å². The van der Waals surface area contributed by atoms with Gasteiger partial charge in [0.2, 0.25) is 5.91 Å². The van der Waals surface area contributed by atoms with E-state index in [2.05, 4.69) is 30.3 Å². The maximum Gasteiger partial charge on any atom is 0.222 e. The Labute approximate surface area is 194 Å². The molecule has 12 heteroatoms. The number of phenols is 1. The number of phenolic OH excluding ortho intramolecular Hbond substituents is 1. The summed E-state index contributed by atoms with van der Waals surface area (Å²) in [5.41, 5.74) is 11.4. The monoisotopic (exact) mass is 463 g/mol. The van der Waals surface area contributed by atoms with E-state index in [1.165, 1.54) is 6.33 Å². The lowest BCUT2D eigenvalue weighted by atomic mass is 10.2. The number of amides is 1. The number of hydrogen-bond acceptors (Lipinski definition) is 7. The number of nitrogens with zero attached hydrogens (tertiary/aromatic N) is 7. The Kier molecular flexibility index (Phi) is 7.53. The van der Waals surface area contributed by atoms with E-state index in [0.29, 0.717) is 26.3 Å². The summed E-state index contributed by atoms with van der Waals surface area (Å²) in [5.74, 6) is 0.134. The third-order valence-corrected chi connectivity index (χ3v) is 5.26. The van der Waals surface area contributed by atoms with Crippen molar-refractivity contribution in [3.8, 4) is 17.1 Å². The van der Waals surface area contributed by atoms with E-state index in [0.717, 1.165) is 46.2 Å². The van der Waals surface area contributed by atoms with Crippen molar-refractivity contribution >= 4 is 27.8 Å². The predicted octanol–water partition coefficient (Wildman–Crippen LogP) is 3.29. The third kappa shape index (κ3) is 5.61. The fourth-order valence-corrected chi connectivity index (χ4v) is 3.64. The average Bonchev–Trinajstić information content (AvgIpc) is 3.42. The summed E-state index contributed by atoms with van der Waals surface area (Å²) in [7, 11) is 0. The number of hydrogen-bond donors (Lipinski definition) is 3. The SMILES string of the molecule is [N-]=[N+]=NCCOCCC(=O)NCCCCn1nc(-c2cc3cc(O)ccc3[nH]2)c2cncnc21.